The van der Waals surface area contributed by atoms with Crippen LogP contribution in [-0.2, 0) is 32.3 Å². The number of benzene rings is 1. The Morgan fingerprint density at radius 2 is 1.89 bits per heavy atom. The second kappa shape index (κ2) is 10.3. The topological polar surface area (TPSA) is 160 Å². The lowest BCUT2D eigenvalue weighted by Gasteiger charge is -2.49. The van der Waals surface area contributed by atoms with Crippen LogP contribution in [0.2, 0.25) is 0 Å². The Balaban J connectivity index is 1.21. The zero-order chi connectivity index (χ0) is 27.0. The first-order valence-electron chi connectivity index (χ1n) is 11.9. The summed E-state index contributed by atoms with van der Waals surface area (Å²) in [6.07, 6.45) is 5.53. The highest BCUT2D eigenvalue weighted by Crippen LogP contribution is 2.40. The summed E-state index contributed by atoms with van der Waals surface area (Å²) in [7, 11) is 0. The summed E-state index contributed by atoms with van der Waals surface area (Å²) in [6.45, 7) is 0.932. The predicted octanol–water partition coefficient (Wildman–Crippen LogP) is -0.776. The predicted molar refractivity (Wildman–Crippen MR) is 135 cm³/mol. The van der Waals surface area contributed by atoms with E-state index in [-0.39, 0.29) is 29.8 Å². The van der Waals surface area contributed by atoms with E-state index in [9.17, 15) is 29.4 Å². The summed E-state index contributed by atoms with van der Waals surface area (Å²) in [5.41, 5.74) is 7.88. The van der Waals surface area contributed by atoms with Crippen molar-refractivity contribution in [1.82, 2.24) is 9.80 Å². The van der Waals surface area contributed by atoms with Gasteiger partial charge < -0.3 is 31.0 Å². The van der Waals surface area contributed by atoms with E-state index in [0.29, 0.717) is 42.1 Å². The molecule has 0 saturated carbocycles. The lowest BCUT2D eigenvalue weighted by atomic mass is 10.0. The van der Waals surface area contributed by atoms with E-state index in [1.807, 2.05) is 12.1 Å². The number of allylic oxidation sites excluding steroid dienone is 1. The number of carboxylic acids is 1. The summed E-state index contributed by atoms with van der Waals surface area (Å²) in [4.78, 5) is 52.1. The highest BCUT2D eigenvalue weighted by Gasteiger charge is 2.50. The number of phenols is 1. The Labute approximate surface area is 222 Å². The molecule has 1 aromatic carbocycles. The SMILES string of the molecule is N[C@@H]1C(=O)N2C(C(=O)[O-])=C(/C=C3\CCN(Cc4cc[n+](CC(=O)Nc5ccc(O)cc5)cc4)C3=O)CS[C@H]12. The summed E-state index contributed by atoms with van der Waals surface area (Å²) >= 11 is 1.37. The first-order valence-corrected chi connectivity index (χ1v) is 13.0. The van der Waals surface area contributed by atoms with E-state index < -0.39 is 23.3 Å². The van der Waals surface area contributed by atoms with Crippen LogP contribution in [0.1, 0.15) is 12.0 Å². The molecule has 11 nitrogen and oxygen atoms in total. The Kier molecular flexibility index (Phi) is 6.91. The number of fused-ring (bicyclic) bond motifs is 1. The molecule has 0 bridgehead atoms. The third-order valence-corrected chi connectivity index (χ3v) is 7.93. The van der Waals surface area contributed by atoms with E-state index >= 15 is 0 Å². The van der Waals surface area contributed by atoms with Crippen LogP contribution in [0, 0.1) is 0 Å². The first-order chi connectivity index (χ1) is 18.2. The number of rotatable bonds is 7. The van der Waals surface area contributed by atoms with Crippen molar-refractivity contribution in [3.8, 4) is 5.75 Å². The summed E-state index contributed by atoms with van der Waals surface area (Å²) in [5, 5.41) is 23.5. The highest BCUT2D eigenvalue weighted by atomic mass is 32.2. The third-order valence-electron chi connectivity index (χ3n) is 6.60. The number of pyridine rings is 1. The second-order valence-electron chi connectivity index (χ2n) is 9.22. The number of carbonyl (C=O) groups excluding carboxylic acids is 4. The minimum Gasteiger partial charge on any atom is -0.543 e. The van der Waals surface area contributed by atoms with Gasteiger partial charge in [0.15, 0.2) is 12.4 Å². The fourth-order valence-electron chi connectivity index (χ4n) is 4.63. The number of likely N-dealkylation sites (tertiary alicyclic amines) is 1. The molecule has 0 aliphatic carbocycles. The number of hydrogen-bond donors (Lipinski definition) is 3. The molecule has 0 spiro atoms. The number of hydrogen-bond acceptors (Lipinski definition) is 8. The number of amides is 3. The number of aliphatic carboxylic acids is 1. The van der Waals surface area contributed by atoms with Crippen molar-refractivity contribution in [1.29, 1.82) is 0 Å². The normalized spacial score (nSPS) is 22.0. The van der Waals surface area contributed by atoms with Crippen molar-refractivity contribution < 1.29 is 34.0 Å². The van der Waals surface area contributed by atoms with Gasteiger partial charge in [-0.05, 0) is 47.9 Å². The third kappa shape index (κ3) is 5.00. The Morgan fingerprint density at radius 1 is 1.18 bits per heavy atom. The number of nitrogens with zero attached hydrogens (tertiary/aromatic N) is 3. The number of nitrogens with one attached hydrogen (secondary N) is 1. The molecule has 12 heteroatoms. The molecule has 2 atom stereocenters. The molecule has 5 rings (SSSR count). The number of phenolic OH excluding ortho intramolecular Hbond substituents is 1. The van der Waals surface area contributed by atoms with Gasteiger partial charge in [0, 0.05) is 42.2 Å². The zero-order valence-corrected chi connectivity index (χ0v) is 21.0. The Hall–Kier alpha value is -4.16. The summed E-state index contributed by atoms with van der Waals surface area (Å²) < 4.78 is 1.71. The van der Waals surface area contributed by atoms with Gasteiger partial charge in [-0.2, -0.15) is 4.57 Å². The fourth-order valence-corrected chi connectivity index (χ4v) is 5.88. The molecule has 3 aliphatic heterocycles. The van der Waals surface area contributed by atoms with Crippen LogP contribution in [0.25, 0.3) is 0 Å². The van der Waals surface area contributed by atoms with Gasteiger partial charge in [0.05, 0.1) is 11.7 Å². The number of anilines is 1. The fraction of sp³-hybridized carbons (Fsp3) is 0.269. The van der Waals surface area contributed by atoms with E-state index in [2.05, 4.69) is 5.32 Å². The van der Waals surface area contributed by atoms with Crippen LogP contribution >= 0.6 is 11.8 Å². The van der Waals surface area contributed by atoms with Gasteiger partial charge in [-0.15, -0.1) is 11.8 Å². The van der Waals surface area contributed by atoms with Gasteiger partial charge in [0.1, 0.15) is 17.2 Å². The van der Waals surface area contributed by atoms with Gasteiger partial charge in [-0.3, -0.25) is 19.3 Å². The average Bonchev–Trinajstić information content (AvgIpc) is 3.24. The number of thioether (sulfide) groups is 1. The number of aromatic hydroxyl groups is 1. The van der Waals surface area contributed by atoms with Crippen molar-refractivity contribution in [3.05, 3.63) is 77.3 Å². The second-order valence-corrected chi connectivity index (χ2v) is 10.3. The van der Waals surface area contributed by atoms with E-state index in [0.717, 1.165) is 10.5 Å². The van der Waals surface area contributed by atoms with Crippen molar-refractivity contribution in [2.75, 3.05) is 17.6 Å². The number of aromatic nitrogens is 1. The maximum Gasteiger partial charge on any atom is 0.290 e. The molecule has 2 saturated heterocycles. The maximum absolute atomic E-state index is 13.0. The molecule has 4 N–H and O–H groups in total. The van der Waals surface area contributed by atoms with Gasteiger partial charge >= 0.3 is 0 Å². The summed E-state index contributed by atoms with van der Waals surface area (Å²) in [6, 6.07) is 9.12. The molecule has 38 heavy (non-hydrogen) atoms. The zero-order valence-electron chi connectivity index (χ0n) is 20.2. The van der Waals surface area contributed by atoms with E-state index in [1.54, 1.807) is 40.1 Å². The molecule has 1 aromatic heterocycles. The molecular formula is C26H25N5O6S. The van der Waals surface area contributed by atoms with Gasteiger partial charge in [0.2, 0.25) is 18.4 Å². The maximum atomic E-state index is 13.0. The molecule has 2 fully saturated rings. The molecule has 4 heterocycles. The average molecular weight is 536 g/mol. The van der Waals surface area contributed by atoms with Crippen LogP contribution in [0.4, 0.5) is 5.69 Å². The smallest absolute Gasteiger partial charge is 0.290 e. The number of carboxylic acid groups (broad SMARTS) is 1. The van der Waals surface area contributed by atoms with Crippen LogP contribution in [0.15, 0.2) is 71.7 Å². The quantitative estimate of drug-likeness (QED) is 0.180. The summed E-state index contributed by atoms with van der Waals surface area (Å²) in [5.74, 6) is -1.90. The van der Waals surface area contributed by atoms with Crippen LogP contribution in [0.5, 0.6) is 5.75 Å². The first kappa shape index (κ1) is 25.5. The number of nitrogens with two attached hydrogens (primary N) is 1. The van der Waals surface area contributed by atoms with Gasteiger partial charge in [-0.25, -0.2) is 0 Å². The van der Waals surface area contributed by atoms with Gasteiger partial charge in [0.25, 0.3) is 5.91 Å². The molecule has 196 valence electrons. The minimum absolute atomic E-state index is 0.0931. The van der Waals surface area contributed by atoms with Crippen molar-refractivity contribution in [2.45, 2.75) is 30.9 Å². The van der Waals surface area contributed by atoms with E-state index in [1.165, 1.54) is 23.9 Å². The largest absolute Gasteiger partial charge is 0.543 e. The lowest BCUT2D eigenvalue weighted by Crippen LogP contribution is -2.69. The molecule has 2 aromatic rings. The number of β-lactam (4-membered cyclic amide) rings is 1. The monoisotopic (exact) mass is 535 g/mol. The standard InChI is InChI=1S/C26H25N5O6S/c27-21-24(35)31-22(26(36)37)17(14-38-25(21)31)11-16-7-10-30(23(16)34)12-15-5-8-29(9-6-15)13-20(33)28-18-1-3-19(32)4-2-18/h1-6,8-9,11,21,25H,7,10,12-14,27H2,(H2-,28,32,33,36,37)/b16-11+/t21-,25-/m1/s1. The minimum atomic E-state index is -1.46. The van der Waals surface area contributed by atoms with Gasteiger partial charge in [-0.1, -0.05) is 0 Å². The Bertz CT molecular complexity index is 1370. The highest BCUT2D eigenvalue weighted by molar-refractivity contribution is 8.00. The molecule has 3 aliphatic rings. The van der Waals surface area contributed by atoms with Crippen LogP contribution in [-0.4, -0.2) is 62.3 Å². The molecule has 0 unspecified atom stereocenters. The molecule has 0 radical (unpaired) electrons. The molecule has 3 amide bonds. The van der Waals surface area contributed by atoms with Crippen LogP contribution < -0.4 is 20.7 Å². The molecular weight excluding hydrogens is 510 g/mol. The van der Waals surface area contributed by atoms with E-state index in [4.69, 9.17) is 5.73 Å². The lowest BCUT2D eigenvalue weighted by molar-refractivity contribution is -0.684. The van der Waals surface area contributed by atoms with Crippen LogP contribution in [0.3, 0.4) is 0 Å². The number of carbonyl (C=O) groups is 4. The van der Waals surface area contributed by atoms with Crippen molar-refractivity contribution in [2.24, 2.45) is 5.73 Å². The van der Waals surface area contributed by atoms with Crippen molar-refractivity contribution >= 4 is 41.1 Å². The van der Waals surface area contributed by atoms with Crippen molar-refractivity contribution in [3.63, 3.8) is 0 Å². The Morgan fingerprint density at radius 3 is 2.58 bits per heavy atom.